The van der Waals surface area contributed by atoms with Crippen molar-refractivity contribution < 1.29 is 17.9 Å². The number of fused-ring (bicyclic) bond motifs is 1. The zero-order valence-electron chi connectivity index (χ0n) is 20.7. The van der Waals surface area contributed by atoms with Crippen molar-refractivity contribution in [3.63, 3.8) is 0 Å². The third-order valence-corrected chi connectivity index (χ3v) is 8.65. The molecule has 194 valence electrons. The van der Waals surface area contributed by atoms with Gasteiger partial charge in [0.05, 0.1) is 27.9 Å². The molecule has 0 atom stereocenters. The monoisotopic (exact) mass is 559 g/mol. The van der Waals surface area contributed by atoms with Crippen molar-refractivity contribution in [1.82, 2.24) is 4.57 Å². The lowest BCUT2D eigenvalue weighted by molar-refractivity contribution is -0.114. The van der Waals surface area contributed by atoms with Gasteiger partial charge in [-0.05, 0) is 69.3 Å². The quantitative estimate of drug-likeness (QED) is 0.310. The van der Waals surface area contributed by atoms with Crippen LogP contribution in [0.25, 0.3) is 10.2 Å². The molecule has 4 rings (SSSR count). The van der Waals surface area contributed by atoms with Crippen LogP contribution in [0.1, 0.15) is 25.5 Å². The number of hydrogen-bond acceptors (Lipinski definition) is 6. The molecule has 8 nitrogen and oxygen atoms in total. The fourth-order valence-electron chi connectivity index (χ4n) is 3.93. The van der Waals surface area contributed by atoms with Crippen LogP contribution in [0.5, 0.6) is 5.75 Å². The van der Waals surface area contributed by atoms with Gasteiger partial charge in [-0.25, -0.2) is 8.42 Å². The number of rotatable bonds is 8. The number of benzene rings is 3. The summed E-state index contributed by atoms with van der Waals surface area (Å²) in [6.45, 7) is 5.17. The first-order valence-electron chi connectivity index (χ1n) is 11.4. The maximum atomic E-state index is 13.7. The summed E-state index contributed by atoms with van der Waals surface area (Å²) in [6.07, 6.45) is 0. The van der Waals surface area contributed by atoms with E-state index in [1.54, 1.807) is 47.0 Å². The Morgan fingerprint density at radius 3 is 2.46 bits per heavy atom. The van der Waals surface area contributed by atoms with Gasteiger partial charge in [0.1, 0.15) is 12.3 Å². The molecule has 0 aliphatic rings. The number of aromatic nitrogens is 1. The van der Waals surface area contributed by atoms with E-state index < -0.39 is 22.5 Å². The number of carbonyl (C=O) groups is 1. The minimum absolute atomic E-state index is 0.00472. The Bertz CT molecular complexity index is 1630. The molecule has 0 saturated carbocycles. The summed E-state index contributed by atoms with van der Waals surface area (Å²) in [5, 5.41) is 3.04. The number of halogens is 1. The lowest BCUT2D eigenvalue weighted by Crippen LogP contribution is -2.38. The Kier molecular flexibility index (Phi) is 7.63. The second-order valence-corrected chi connectivity index (χ2v) is 12.0. The number of hydrogen-bond donors (Lipinski definition) is 1. The van der Waals surface area contributed by atoms with Crippen LogP contribution in [-0.2, 0) is 14.8 Å². The van der Waals surface area contributed by atoms with Gasteiger partial charge >= 0.3 is 4.87 Å². The van der Waals surface area contributed by atoms with Crippen molar-refractivity contribution in [2.75, 3.05) is 23.3 Å². The highest BCUT2D eigenvalue weighted by molar-refractivity contribution is 7.92. The van der Waals surface area contributed by atoms with E-state index >= 15 is 0 Å². The standard InChI is InChI=1S/C26H26ClN3O5S2/c1-16(2)30-21-11-8-19(14-24(21)36-26(30)32)28-25(31)15-29(22-13-18(27)7-12-23(22)35-4)37(33,34)20-9-5-17(3)6-10-20/h5-14,16H,15H2,1-4H3,(H,28,31). The summed E-state index contributed by atoms with van der Waals surface area (Å²) < 4.78 is 36.2. The molecule has 1 N–H and O–H groups in total. The van der Waals surface area contributed by atoms with Gasteiger partial charge in [0.2, 0.25) is 5.91 Å². The molecule has 1 amide bonds. The van der Waals surface area contributed by atoms with E-state index in [1.165, 1.54) is 25.3 Å². The van der Waals surface area contributed by atoms with Crippen LogP contribution in [0.4, 0.5) is 11.4 Å². The molecule has 0 saturated heterocycles. The van der Waals surface area contributed by atoms with Crippen molar-refractivity contribution in [2.45, 2.75) is 31.7 Å². The lowest BCUT2D eigenvalue weighted by Gasteiger charge is -2.26. The Morgan fingerprint density at radius 1 is 1.11 bits per heavy atom. The third kappa shape index (κ3) is 5.51. The molecule has 37 heavy (non-hydrogen) atoms. The van der Waals surface area contributed by atoms with E-state index in [4.69, 9.17) is 16.3 Å². The van der Waals surface area contributed by atoms with Gasteiger partial charge in [-0.2, -0.15) is 0 Å². The molecule has 0 radical (unpaired) electrons. The van der Waals surface area contributed by atoms with Gasteiger partial charge in [-0.15, -0.1) is 0 Å². The molecule has 0 aliphatic carbocycles. The van der Waals surface area contributed by atoms with Crippen molar-refractivity contribution in [2.24, 2.45) is 0 Å². The maximum absolute atomic E-state index is 13.7. The normalized spacial score (nSPS) is 11.6. The van der Waals surface area contributed by atoms with Crippen LogP contribution in [-0.4, -0.2) is 32.5 Å². The lowest BCUT2D eigenvalue weighted by atomic mass is 10.2. The van der Waals surface area contributed by atoms with E-state index in [2.05, 4.69) is 5.32 Å². The van der Waals surface area contributed by atoms with E-state index in [0.717, 1.165) is 31.4 Å². The van der Waals surface area contributed by atoms with Gasteiger partial charge < -0.3 is 10.1 Å². The highest BCUT2D eigenvalue weighted by Crippen LogP contribution is 2.35. The van der Waals surface area contributed by atoms with Gasteiger partial charge in [0.15, 0.2) is 0 Å². The largest absolute Gasteiger partial charge is 0.495 e. The van der Waals surface area contributed by atoms with Gasteiger partial charge in [0, 0.05) is 16.8 Å². The minimum atomic E-state index is -4.16. The molecular weight excluding hydrogens is 534 g/mol. The Labute approximate surface area is 224 Å². The van der Waals surface area contributed by atoms with Gasteiger partial charge in [0.25, 0.3) is 10.0 Å². The van der Waals surface area contributed by atoms with Crippen molar-refractivity contribution in [3.05, 3.63) is 80.9 Å². The number of amides is 1. The zero-order valence-corrected chi connectivity index (χ0v) is 23.1. The number of nitrogens with one attached hydrogen (secondary N) is 1. The smallest absolute Gasteiger partial charge is 0.308 e. The Balaban J connectivity index is 1.70. The first-order valence-corrected chi connectivity index (χ1v) is 14.0. The van der Waals surface area contributed by atoms with Crippen molar-refractivity contribution >= 4 is 60.5 Å². The second-order valence-electron chi connectivity index (χ2n) is 8.70. The topological polar surface area (TPSA) is 97.7 Å². The molecule has 0 spiro atoms. The van der Waals surface area contributed by atoms with Crippen LogP contribution in [0.3, 0.4) is 0 Å². The molecule has 11 heteroatoms. The average molecular weight is 560 g/mol. The summed E-state index contributed by atoms with van der Waals surface area (Å²) >= 11 is 7.28. The van der Waals surface area contributed by atoms with Crippen molar-refractivity contribution in [3.8, 4) is 5.75 Å². The number of methoxy groups -OCH3 is 1. The Hall–Kier alpha value is -3.34. The number of nitrogens with zero attached hydrogens (tertiary/aromatic N) is 2. The molecule has 4 aromatic rings. The summed E-state index contributed by atoms with van der Waals surface area (Å²) in [5.41, 5.74) is 2.25. The molecule has 1 heterocycles. The molecular formula is C26H26ClN3O5S2. The number of sulfonamides is 1. The molecule has 0 fully saturated rings. The fourth-order valence-corrected chi connectivity index (χ4v) is 6.57. The molecule has 0 bridgehead atoms. The Morgan fingerprint density at radius 2 is 1.81 bits per heavy atom. The predicted octanol–water partition coefficient (Wildman–Crippen LogP) is 5.45. The van der Waals surface area contributed by atoms with Crippen LogP contribution >= 0.6 is 22.9 Å². The minimum Gasteiger partial charge on any atom is -0.495 e. The summed E-state index contributed by atoms with van der Waals surface area (Å²) in [4.78, 5) is 25.5. The fraction of sp³-hybridized carbons (Fsp3) is 0.231. The van der Waals surface area contributed by atoms with E-state index in [-0.39, 0.29) is 32.3 Å². The first-order chi connectivity index (χ1) is 17.5. The van der Waals surface area contributed by atoms with Crippen LogP contribution in [0, 0.1) is 6.92 Å². The maximum Gasteiger partial charge on any atom is 0.308 e. The van der Waals surface area contributed by atoms with Crippen molar-refractivity contribution in [1.29, 1.82) is 0 Å². The second kappa shape index (κ2) is 10.6. The van der Waals surface area contributed by atoms with Crippen LogP contribution in [0.15, 0.2) is 70.4 Å². The van der Waals surface area contributed by atoms with Crippen LogP contribution < -0.4 is 19.2 Å². The summed E-state index contributed by atoms with van der Waals surface area (Å²) in [7, 11) is -2.75. The first kappa shape index (κ1) is 26.7. The van der Waals surface area contributed by atoms with Gasteiger partial charge in [-0.1, -0.05) is 40.6 Å². The zero-order chi connectivity index (χ0) is 26.9. The molecule has 1 aromatic heterocycles. The molecule has 0 aliphatic heterocycles. The number of carbonyl (C=O) groups excluding carboxylic acids is 1. The predicted molar refractivity (Wildman–Crippen MR) is 149 cm³/mol. The summed E-state index contributed by atoms with van der Waals surface area (Å²) in [5.74, 6) is -0.332. The number of anilines is 2. The van der Waals surface area contributed by atoms with E-state index in [9.17, 15) is 18.0 Å². The van der Waals surface area contributed by atoms with E-state index in [1.807, 2.05) is 20.8 Å². The number of thiazole rings is 1. The highest BCUT2D eigenvalue weighted by atomic mass is 35.5. The van der Waals surface area contributed by atoms with E-state index in [0.29, 0.717) is 5.69 Å². The van der Waals surface area contributed by atoms with Crippen LogP contribution in [0.2, 0.25) is 5.02 Å². The summed E-state index contributed by atoms with van der Waals surface area (Å²) in [6, 6.07) is 16.1. The highest BCUT2D eigenvalue weighted by Gasteiger charge is 2.30. The number of ether oxygens (including phenoxy) is 1. The van der Waals surface area contributed by atoms with Gasteiger partial charge in [-0.3, -0.25) is 18.5 Å². The number of aryl methyl sites for hydroxylation is 1. The third-order valence-electron chi connectivity index (χ3n) is 5.72. The molecule has 3 aromatic carbocycles. The molecule has 0 unspecified atom stereocenters. The SMILES string of the molecule is COc1ccc(Cl)cc1N(CC(=O)Nc1ccc2c(c1)sc(=O)n2C(C)C)S(=O)(=O)c1ccc(C)cc1. The average Bonchev–Trinajstić information content (AvgIpc) is 3.17.